The molecule has 0 bridgehead atoms. The van der Waals surface area contributed by atoms with E-state index in [2.05, 4.69) is 26.1 Å². The van der Waals surface area contributed by atoms with E-state index in [0.29, 0.717) is 28.8 Å². The van der Waals surface area contributed by atoms with Crippen LogP contribution in [0, 0.1) is 5.92 Å². The van der Waals surface area contributed by atoms with Crippen molar-refractivity contribution >= 4 is 28.0 Å². The Kier molecular flexibility index (Phi) is 6.81. The lowest BCUT2D eigenvalue weighted by Crippen LogP contribution is -2.17. The molecule has 6 heteroatoms. The first kappa shape index (κ1) is 17.6. The number of esters is 1. The van der Waals surface area contributed by atoms with Crippen LogP contribution in [0.1, 0.15) is 50.2 Å². The number of carbonyl (C=O) groups excluding carboxylic acids is 1. The summed E-state index contributed by atoms with van der Waals surface area (Å²) in [5.41, 5.74) is 6.34. The van der Waals surface area contributed by atoms with E-state index >= 15 is 0 Å². The number of nitrogen functional groups attached to an aromatic ring is 1. The predicted octanol–water partition coefficient (Wildman–Crippen LogP) is 3.75. The molecule has 3 N–H and O–H groups in total. The average molecular weight is 314 g/mol. The third-order valence-corrected chi connectivity index (χ3v) is 4.49. The van der Waals surface area contributed by atoms with Crippen molar-refractivity contribution in [3.63, 3.8) is 0 Å². The Balaban J connectivity index is 2.91. The lowest BCUT2D eigenvalue weighted by atomic mass is 10.0. The van der Waals surface area contributed by atoms with Crippen molar-refractivity contribution in [2.24, 2.45) is 5.92 Å². The fraction of sp³-hybridized carbons (Fsp3) is 0.667. The van der Waals surface area contributed by atoms with Crippen molar-refractivity contribution in [1.29, 1.82) is 0 Å². The molecule has 1 aromatic rings. The minimum atomic E-state index is -0.402. The van der Waals surface area contributed by atoms with Gasteiger partial charge in [-0.1, -0.05) is 20.3 Å². The van der Waals surface area contributed by atoms with Gasteiger partial charge in [-0.2, -0.15) is 0 Å². The van der Waals surface area contributed by atoms with Gasteiger partial charge in [0.15, 0.2) is 5.75 Å². The van der Waals surface area contributed by atoms with Gasteiger partial charge in [-0.3, -0.25) is 0 Å². The normalized spacial score (nSPS) is 13.6. The Morgan fingerprint density at radius 3 is 2.57 bits per heavy atom. The smallest absolute Gasteiger partial charge is 0.350 e. The molecule has 0 fully saturated rings. The van der Waals surface area contributed by atoms with Crippen molar-refractivity contribution in [3.05, 3.63) is 4.88 Å². The monoisotopic (exact) mass is 314 g/mol. The van der Waals surface area contributed by atoms with E-state index in [-0.39, 0.29) is 6.04 Å². The van der Waals surface area contributed by atoms with E-state index in [1.807, 2.05) is 0 Å². The van der Waals surface area contributed by atoms with Crippen LogP contribution >= 0.6 is 11.3 Å². The Morgan fingerprint density at radius 1 is 1.38 bits per heavy atom. The molecule has 0 saturated carbocycles. The summed E-state index contributed by atoms with van der Waals surface area (Å²) in [5, 5.41) is 4.18. The topological polar surface area (TPSA) is 73.6 Å². The second-order valence-electron chi connectivity index (χ2n) is 5.22. The molecule has 1 rings (SSSR count). The van der Waals surface area contributed by atoms with Crippen LogP contribution in [0.25, 0.3) is 0 Å². The summed E-state index contributed by atoms with van der Waals surface area (Å²) < 4.78 is 10.3. The predicted molar refractivity (Wildman–Crippen MR) is 88.4 cm³/mol. The largest absolute Gasteiger partial charge is 0.492 e. The van der Waals surface area contributed by atoms with Gasteiger partial charge in [0.1, 0.15) is 15.6 Å². The van der Waals surface area contributed by atoms with E-state index in [9.17, 15) is 4.79 Å². The van der Waals surface area contributed by atoms with Crippen LogP contribution < -0.4 is 15.8 Å². The van der Waals surface area contributed by atoms with Gasteiger partial charge in [0.05, 0.1) is 13.7 Å². The van der Waals surface area contributed by atoms with Crippen molar-refractivity contribution in [3.8, 4) is 5.75 Å². The van der Waals surface area contributed by atoms with Gasteiger partial charge in [-0.05, 0) is 26.2 Å². The molecule has 0 aliphatic rings. The summed E-state index contributed by atoms with van der Waals surface area (Å²) in [6, 6.07) is 0.280. The minimum absolute atomic E-state index is 0.280. The number of carbonyl (C=O) groups is 1. The lowest BCUT2D eigenvalue weighted by molar-refractivity contribution is 0.0533. The molecule has 0 radical (unpaired) electrons. The maximum atomic E-state index is 11.9. The molecule has 1 heterocycles. The van der Waals surface area contributed by atoms with Gasteiger partial charge in [0.2, 0.25) is 0 Å². The molecular formula is C15H26N2O3S. The number of rotatable bonds is 8. The summed E-state index contributed by atoms with van der Waals surface area (Å²) in [4.78, 5) is 12.3. The highest BCUT2D eigenvalue weighted by Crippen LogP contribution is 2.43. The van der Waals surface area contributed by atoms with Crippen molar-refractivity contribution < 1.29 is 14.3 Å². The van der Waals surface area contributed by atoms with E-state index in [0.717, 1.165) is 17.8 Å². The minimum Gasteiger partial charge on any atom is -0.492 e. The van der Waals surface area contributed by atoms with E-state index in [4.69, 9.17) is 15.2 Å². The highest BCUT2D eigenvalue weighted by Gasteiger charge is 2.23. The Bertz CT molecular complexity index is 474. The molecule has 1 aromatic heterocycles. The van der Waals surface area contributed by atoms with Crippen molar-refractivity contribution in [1.82, 2.24) is 0 Å². The SMILES string of the molecule is CCOC(=O)c1sc(NC(C)CC(C)CC)c(OC)c1N. The molecular weight excluding hydrogens is 288 g/mol. The highest BCUT2D eigenvalue weighted by molar-refractivity contribution is 7.19. The molecule has 0 saturated heterocycles. The molecule has 2 unspecified atom stereocenters. The van der Waals surface area contributed by atoms with Crippen LogP contribution in [-0.4, -0.2) is 25.7 Å². The lowest BCUT2D eigenvalue weighted by Gasteiger charge is -2.18. The average Bonchev–Trinajstić information content (AvgIpc) is 2.74. The number of methoxy groups -OCH3 is 1. The third-order valence-electron chi connectivity index (χ3n) is 3.39. The summed E-state index contributed by atoms with van der Waals surface area (Å²) >= 11 is 1.29. The summed E-state index contributed by atoms with van der Waals surface area (Å²) in [6.07, 6.45) is 2.19. The van der Waals surface area contributed by atoms with Gasteiger partial charge in [0, 0.05) is 6.04 Å². The van der Waals surface area contributed by atoms with Crippen LogP contribution in [0.4, 0.5) is 10.7 Å². The molecule has 2 atom stereocenters. The van der Waals surface area contributed by atoms with Crippen molar-refractivity contribution in [2.45, 2.75) is 46.6 Å². The molecule has 120 valence electrons. The molecule has 0 aliphatic heterocycles. The second kappa shape index (κ2) is 8.12. The maximum Gasteiger partial charge on any atom is 0.350 e. The number of hydrogen-bond acceptors (Lipinski definition) is 6. The number of nitrogens with two attached hydrogens (primary N) is 1. The number of hydrogen-bond donors (Lipinski definition) is 2. The molecule has 0 aromatic carbocycles. The van der Waals surface area contributed by atoms with Crippen LogP contribution in [0.3, 0.4) is 0 Å². The van der Waals surface area contributed by atoms with E-state index in [1.165, 1.54) is 11.3 Å². The number of nitrogens with one attached hydrogen (secondary N) is 1. The van der Waals surface area contributed by atoms with Crippen LogP contribution in [0.5, 0.6) is 5.75 Å². The van der Waals surface area contributed by atoms with Crippen LogP contribution in [-0.2, 0) is 4.74 Å². The highest BCUT2D eigenvalue weighted by atomic mass is 32.1. The van der Waals surface area contributed by atoms with E-state index in [1.54, 1.807) is 14.0 Å². The fourth-order valence-corrected chi connectivity index (χ4v) is 3.22. The standard InChI is InChI=1S/C15H26N2O3S/c1-6-9(3)8-10(4)17-14-12(19-5)11(16)13(21-14)15(18)20-7-2/h9-10,17H,6-8,16H2,1-5H3. The fourth-order valence-electron chi connectivity index (χ4n) is 2.13. The third kappa shape index (κ3) is 4.52. The van der Waals surface area contributed by atoms with Gasteiger partial charge < -0.3 is 20.5 Å². The summed E-state index contributed by atoms with van der Waals surface area (Å²) in [6.45, 7) is 8.62. The number of ether oxygens (including phenoxy) is 2. The molecule has 0 aliphatic carbocycles. The van der Waals surface area contributed by atoms with Gasteiger partial charge >= 0.3 is 5.97 Å². The Morgan fingerprint density at radius 2 is 2.05 bits per heavy atom. The maximum absolute atomic E-state index is 11.9. The molecule has 21 heavy (non-hydrogen) atoms. The zero-order chi connectivity index (χ0) is 16.0. The quantitative estimate of drug-likeness (QED) is 0.715. The number of thiophene rings is 1. The van der Waals surface area contributed by atoms with Crippen molar-refractivity contribution in [2.75, 3.05) is 24.8 Å². The van der Waals surface area contributed by atoms with Gasteiger partial charge in [-0.15, -0.1) is 11.3 Å². The first-order chi connectivity index (χ1) is 9.94. The Hall–Kier alpha value is -1.43. The first-order valence-electron chi connectivity index (χ1n) is 7.34. The summed E-state index contributed by atoms with van der Waals surface area (Å²) in [7, 11) is 1.55. The van der Waals surface area contributed by atoms with Crippen LogP contribution in [0.15, 0.2) is 0 Å². The van der Waals surface area contributed by atoms with Gasteiger partial charge in [0.25, 0.3) is 0 Å². The number of anilines is 2. The van der Waals surface area contributed by atoms with Crippen LogP contribution in [0.2, 0.25) is 0 Å². The molecule has 0 spiro atoms. The zero-order valence-corrected chi connectivity index (χ0v) is 14.3. The Labute approximate surface area is 130 Å². The molecule has 0 amide bonds. The first-order valence-corrected chi connectivity index (χ1v) is 8.16. The zero-order valence-electron chi connectivity index (χ0n) is 13.5. The van der Waals surface area contributed by atoms with E-state index < -0.39 is 5.97 Å². The second-order valence-corrected chi connectivity index (χ2v) is 6.24. The summed E-state index contributed by atoms with van der Waals surface area (Å²) in [5.74, 6) is 0.764. The van der Waals surface area contributed by atoms with Gasteiger partial charge in [-0.25, -0.2) is 4.79 Å². The molecule has 5 nitrogen and oxygen atoms in total.